The van der Waals surface area contributed by atoms with Crippen LogP contribution < -0.4 is 14.8 Å². The molecular weight excluding hydrogens is 254 g/mol. The molecule has 0 atom stereocenters. The van der Waals surface area contributed by atoms with Crippen molar-refractivity contribution in [3.8, 4) is 11.5 Å². The van der Waals surface area contributed by atoms with Crippen LogP contribution in [-0.4, -0.2) is 29.5 Å². The van der Waals surface area contributed by atoms with E-state index in [0.29, 0.717) is 0 Å². The van der Waals surface area contributed by atoms with Crippen LogP contribution in [0.2, 0.25) is 0 Å². The van der Waals surface area contributed by atoms with E-state index in [2.05, 4.69) is 22.5 Å². The number of aromatic nitrogens is 2. The third-order valence-corrected chi connectivity index (χ3v) is 3.22. The van der Waals surface area contributed by atoms with Crippen LogP contribution in [-0.2, 0) is 13.1 Å². The Bertz CT molecular complexity index is 540. The van der Waals surface area contributed by atoms with E-state index in [1.54, 1.807) is 6.20 Å². The van der Waals surface area contributed by atoms with Gasteiger partial charge in [-0.15, -0.1) is 0 Å². The molecule has 0 saturated heterocycles. The molecule has 106 valence electrons. The lowest BCUT2D eigenvalue weighted by Crippen LogP contribution is -2.19. The van der Waals surface area contributed by atoms with Crippen molar-refractivity contribution >= 4 is 0 Å². The summed E-state index contributed by atoms with van der Waals surface area (Å²) in [4.78, 5) is 0. The minimum absolute atomic E-state index is 0.725. The minimum Gasteiger partial charge on any atom is -0.490 e. The van der Waals surface area contributed by atoms with Gasteiger partial charge in [-0.25, -0.2) is 0 Å². The first-order valence-electron chi connectivity index (χ1n) is 6.98. The van der Waals surface area contributed by atoms with Crippen LogP contribution in [0.15, 0.2) is 36.7 Å². The number of hydrogen-bond acceptors (Lipinski definition) is 4. The van der Waals surface area contributed by atoms with Gasteiger partial charge in [-0.05, 0) is 23.8 Å². The van der Waals surface area contributed by atoms with Crippen LogP contribution in [0.25, 0.3) is 0 Å². The maximum Gasteiger partial charge on any atom is 0.161 e. The first-order valence-corrected chi connectivity index (χ1v) is 6.98. The summed E-state index contributed by atoms with van der Waals surface area (Å²) in [6.07, 6.45) is 4.70. The van der Waals surface area contributed by atoms with Gasteiger partial charge < -0.3 is 14.8 Å². The molecule has 1 aliphatic heterocycles. The van der Waals surface area contributed by atoms with Gasteiger partial charge in [0.25, 0.3) is 0 Å². The standard InChI is InChI=1S/C15H19N3O2/c1-5-17-18(7-1)8-6-16-12-13-3-4-14-15(11-13)20-10-2-9-19-14/h1,3-5,7,11,16H,2,6,8-10,12H2. The Hall–Kier alpha value is -2.01. The van der Waals surface area contributed by atoms with Crippen LogP contribution in [0.5, 0.6) is 11.5 Å². The van der Waals surface area contributed by atoms with Gasteiger partial charge in [0.1, 0.15) is 0 Å². The summed E-state index contributed by atoms with van der Waals surface area (Å²) in [5.74, 6) is 1.71. The first-order chi connectivity index (χ1) is 9.92. The second-order valence-corrected chi connectivity index (χ2v) is 4.78. The van der Waals surface area contributed by atoms with Crippen LogP contribution in [0.1, 0.15) is 12.0 Å². The van der Waals surface area contributed by atoms with E-state index in [4.69, 9.17) is 9.47 Å². The van der Waals surface area contributed by atoms with Crippen LogP contribution in [0, 0.1) is 0 Å². The zero-order valence-corrected chi connectivity index (χ0v) is 11.4. The first kappa shape index (κ1) is 13.0. The zero-order valence-electron chi connectivity index (χ0n) is 11.4. The molecule has 0 saturated carbocycles. The largest absolute Gasteiger partial charge is 0.490 e. The van der Waals surface area contributed by atoms with Crippen molar-refractivity contribution in [3.05, 3.63) is 42.2 Å². The molecule has 1 aromatic heterocycles. The van der Waals surface area contributed by atoms with E-state index in [1.807, 2.05) is 23.0 Å². The summed E-state index contributed by atoms with van der Waals surface area (Å²) in [6.45, 7) is 4.03. The second kappa shape index (κ2) is 6.43. The number of ether oxygens (including phenoxy) is 2. The Balaban J connectivity index is 1.51. The van der Waals surface area contributed by atoms with Crippen molar-refractivity contribution in [2.75, 3.05) is 19.8 Å². The summed E-state index contributed by atoms with van der Waals surface area (Å²) in [5.41, 5.74) is 1.20. The molecule has 0 spiro atoms. The normalized spacial score (nSPS) is 14.0. The van der Waals surface area contributed by atoms with Crippen molar-refractivity contribution in [2.24, 2.45) is 0 Å². The molecule has 0 radical (unpaired) electrons. The van der Waals surface area contributed by atoms with Gasteiger partial charge in [0.05, 0.1) is 19.8 Å². The highest BCUT2D eigenvalue weighted by molar-refractivity contribution is 5.43. The third-order valence-electron chi connectivity index (χ3n) is 3.22. The highest BCUT2D eigenvalue weighted by Crippen LogP contribution is 2.30. The lowest BCUT2D eigenvalue weighted by molar-refractivity contribution is 0.297. The summed E-state index contributed by atoms with van der Waals surface area (Å²) in [7, 11) is 0. The maximum absolute atomic E-state index is 5.69. The van der Waals surface area contributed by atoms with Crippen molar-refractivity contribution in [1.82, 2.24) is 15.1 Å². The zero-order chi connectivity index (χ0) is 13.6. The van der Waals surface area contributed by atoms with Crippen molar-refractivity contribution in [2.45, 2.75) is 19.5 Å². The smallest absolute Gasteiger partial charge is 0.161 e. The number of benzene rings is 1. The van der Waals surface area contributed by atoms with Gasteiger partial charge in [0.2, 0.25) is 0 Å². The molecule has 20 heavy (non-hydrogen) atoms. The van der Waals surface area contributed by atoms with Gasteiger partial charge in [-0.2, -0.15) is 5.10 Å². The topological polar surface area (TPSA) is 48.3 Å². The molecule has 1 aromatic carbocycles. The maximum atomic E-state index is 5.69. The van der Waals surface area contributed by atoms with E-state index >= 15 is 0 Å². The van der Waals surface area contributed by atoms with E-state index in [9.17, 15) is 0 Å². The number of fused-ring (bicyclic) bond motifs is 1. The SMILES string of the molecule is c1cnn(CCNCc2ccc3c(c2)OCCCO3)c1. The Morgan fingerprint density at radius 2 is 2.10 bits per heavy atom. The van der Waals surface area contributed by atoms with Gasteiger partial charge in [0, 0.05) is 31.9 Å². The molecule has 1 aliphatic rings. The lowest BCUT2D eigenvalue weighted by atomic mass is 10.2. The highest BCUT2D eigenvalue weighted by Gasteiger charge is 2.10. The Morgan fingerprint density at radius 1 is 1.20 bits per heavy atom. The van der Waals surface area contributed by atoms with Crippen LogP contribution in [0.3, 0.4) is 0 Å². The predicted octanol–water partition coefficient (Wildman–Crippen LogP) is 1.83. The second-order valence-electron chi connectivity index (χ2n) is 4.78. The predicted molar refractivity (Wildman–Crippen MR) is 76.0 cm³/mol. The highest BCUT2D eigenvalue weighted by atomic mass is 16.5. The summed E-state index contributed by atoms with van der Waals surface area (Å²) >= 11 is 0. The number of nitrogens with one attached hydrogen (secondary N) is 1. The number of rotatable bonds is 5. The van der Waals surface area contributed by atoms with Crippen molar-refractivity contribution < 1.29 is 9.47 Å². The van der Waals surface area contributed by atoms with Crippen LogP contribution >= 0.6 is 0 Å². The van der Waals surface area contributed by atoms with Gasteiger partial charge in [-0.3, -0.25) is 4.68 Å². The molecule has 2 heterocycles. The minimum atomic E-state index is 0.725. The quantitative estimate of drug-likeness (QED) is 0.844. The number of hydrogen-bond donors (Lipinski definition) is 1. The molecule has 2 aromatic rings. The fourth-order valence-electron chi connectivity index (χ4n) is 2.18. The summed E-state index contributed by atoms with van der Waals surface area (Å²) in [5, 5.41) is 7.57. The molecular formula is C15H19N3O2. The van der Waals surface area contributed by atoms with E-state index in [1.165, 1.54) is 5.56 Å². The molecule has 0 unspecified atom stereocenters. The Labute approximate surface area is 118 Å². The van der Waals surface area contributed by atoms with Crippen LogP contribution in [0.4, 0.5) is 0 Å². The molecule has 0 amide bonds. The van der Waals surface area contributed by atoms with E-state index in [0.717, 1.165) is 50.8 Å². The summed E-state index contributed by atoms with van der Waals surface area (Å²) < 4.78 is 13.2. The molecule has 0 bridgehead atoms. The average molecular weight is 273 g/mol. The average Bonchev–Trinajstić information content (AvgIpc) is 2.87. The molecule has 5 nitrogen and oxygen atoms in total. The van der Waals surface area contributed by atoms with Gasteiger partial charge >= 0.3 is 0 Å². The fraction of sp³-hybridized carbons (Fsp3) is 0.400. The lowest BCUT2D eigenvalue weighted by Gasteiger charge is -2.10. The molecule has 3 rings (SSSR count). The molecule has 0 aliphatic carbocycles. The molecule has 1 N–H and O–H groups in total. The van der Waals surface area contributed by atoms with Crippen molar-refractivity contribution in [1.29, 1.82) is 0 Å². The Kier molecular flexibility index (Phi) is 4.18. The Morgan fingerprint density at radius 3 is 2.95 bits per heavy atom. The van der Waals surface area contributed by atoms with E-state index < -0.39 is 0 Å². The molecule has 0 fully saturated rings. The van der Waals surface area contributed by atoms with Gasteiger partial charge in [-0.1, -0.05) is 6.07 Å². The third kappa shape index (κ3) is 3.30. The van der Waals surface area contributed by atoms with E-state index in [-0.39, 0.29) is 0 Å². The summed E-state index contributed by atoms with van der Waals surface area (Å²) in [6, 6.07) is 8.06. The van der Waals surface area contributed by atoms with Gasteiger partial charge in [0.15, 0.2) is 11.5 Å². The van der Waals surface area contributed by atoms with Crippen molar-refractivity contribution in [3.63, 3.8) is 0 Å². The fourth-order valence-corrected chi connectivity index (χ4v) is 2.18. The monoisotopic (exact) mass is 273 g/mol. The molecule has 5 heteroatoms. The number of nitrogens with zero attached hydrogens (tertiary/aromatic N) is 2.